The molecule has 1 aliphatic carbocycles. The summed E-state index contributed by atoms with van der Waals surface area (Å²) in [5.74, 6) is 0. The van der Waals surface area contributed by atoms with E-state index in [0.29, 0.717) is 7.85 Å². The fourth-order valence-electron chi connectivity index (χ4n) is 1.18. The van der Waals surface area contributed by atoms with E-state index in [1.807, 2.05) is 0 Å². The van der Waals surface area contributed by atoms with Crippen LogP contribution in [0.25, 0.3) is 0 Å². The molecule has 0 spiro atoms. The molecular weight excluding hydrogens is 354 g/mol. The Kier molecular flexibility index (Phi) is 3.66. The van der Waals surface area contributed by atoms with Crippen molar-refractivity contribution in [1.82, 2.24) is 0 Å². The first-order chi connectivity index (χ1) is 4.63. The summed E-state index contributed by atoms with van der Waals surface area (Å²) in [6.07, 6.45) is 2.32. The molecule has 0 heterocycles. The molecule has 60 valence electrons. The zero-order chi connectivity index (χ0) is 7.72. The van der Waals surface area contributed by atoms with Crippen molar-refractivity contribution in [3.8, 4) is 0 Å². The van der Waals surface area contributed by atoms with Gasteiger partial charge in [0.05, 0.1) is 0 Å². The van der Waals surface area contributed by atoms with E-state index in [1.165, 1.54) is 6.42 Å². The van der Waals surface area contributed by atoms with Gasteiger partial charge in [0.1, 0.15) is 0 Å². The molecule has 0 saturated heterocycles. The van der Waals surface area contributed by atoms with Crippen molar-refractivity contribution in [3.63, 3.8) is 0 Å². The third-order valence-electron chi connectivity index (χ3n) is 1.98. The van der Waals surface area contributed by atoms with Gasteiger partial charge in [-0.05, 0) is 12.8 Å². The van der Waals surface area contributed by atoms with Gasteiger partial charge in [-0.3, -0.25) is 0 Å². The number of hydrogen-bond acceptors (Lipinski definition) is 2. The monoisotopic (exact) mass is 366 g/mol. The lowest BCUT2D eigenvalue weighted by atomic mass is 9.92. The van der Waals surface area contributed by atoms with E-state index < -0.39 is 0 Å². The molecule has 1 aliphatic rings. The van der Waals surface area contributed by atoms with Crippen LogP contribution in [-0.4, -0.2) is 19.9 Å². The number of nitrogens with two attached hydrogens (primary N) is 2. The molecule has 1 fully saturated rings. The number of alkyl halides is 2. The highest BCUT2D eigenvalue weighted by atomic mass is 127. The van der Waals surface area contributed by atoms with Crippen LogP contribution in [0.15, 0.2) is 0 Å². The molecule has 0 aromatic heterocycles. The standard InChI is InChI=1S/C6H12I2N2/c7-3-1-2-4(9)6(10)5(3)8/h3-6H,1-2,9-10H2. The Bertz CT molecular complexity index is 106. The summed E-state index contributed by atoms with van der Waals surface area (Å²) in [7, 11) is 0. The van der Waals surface area contributed by atoms with Gasteiger partial charge in [-0.1, -0.05) is 45.2 Å². The van der Waals surface area contributed by atoms with Gasteiger partial charge in [-0.15, -0.1) is 0 Å². The third-order valence-corrected chi connectivity index (χ3v) is 6.46. The van der Waals surface area contributed by atoms with Gasteiger partial charge in [-0.2, -0.15) is 0 Å². The van der Waals surface area contributed by atoms with Gasteiger partial charge in [0.25, 0.3) is 0 Å². The fourth-order valence-corrected chi connectivity index (χ4v) is 2.91. The van der Waals surface area contributed by atoms with E-state index >= 15 is 0 Å². The van der Waals surface area contributed by atoms with Gasteiger partial charge < -0.3 is 11.5 Å². The van der Waals surface area contributed by atoms with E-state index in [2.05, 4.69) is 45.2 Å². The topological polar surface area (TPSA) is 52.0 Å². The van der Waals surface area contributed by atoms with E-state index in [9.17, 15) is 0 Å². The molecule has 1 saturated carbocycles. The van der Waals surface area contributed by atoms with Crippen molar-refractivity contribution >= 4 is 45.2 Å². The molecule has 0 aromatic rings. The molecule has 4 heteroatoms. The second kappa shape index (κ2) is 3.86. The maximum atomic E-state index is 5.87. The van der Waals surface area contributed by atoms with Gasteiger partial charge in [0.15, 0.2) is 0 Å². The van der Waals surface area contributed by atoms with E-state index in [-0.39, 0.29) is 12.1 Å². The Morgan fingerprint density at radius 3 is 2.20 bits per heavy atom. The Morgan fingerprint density at radius 1 is 1.10 bits per heavy atom. The van der Waals surface area contributed by atoms with Gasteiger partial charge in [0, 0.05) is 19.9 Å². The predicted octanol–water partition coefficient (Wildman–Crippen LogP) is 1.04. The van der Waals surface area contributed by atoms with Crippen LogP contribution in [0.4, 0.5) is 0 Å². The van der Waals surface area contributed by atoms with Crippen molar-refractivity contribution in [3.05, 3.63) is 0 Å². The van der Waals surface area contributed by atoms with Crippen molar-refractivity contribution in [2.24, 2.45) is 11.5 Å². The molecule has 0 bridgehead atoms. The van der Waals surface area contributed by atoms with Gasteiger partial charge in [0.2, 0.25) is 0 Å². The van der Waals surface area contributed by atoms with Crippen LogP contribution >= 0.6 is 45.2 Å². The average Bonchev–Trinajstić information content (AvgIpc) is 1.93. The minimum absolute atomic E-state index is 0.205. The van der Waals surface area contributed by atoms with Crippen molar-refractivity contribution in [1.29, 1.82) is 0 Å². The highest BCUT2D eigenvalue weighted by molar-refractivity contribution is 14.1. The van der Waals surface area contributed by atoms with Crippen LogP contribution < -0.4 is 11.5 Å². The lowest BCUT2D eigenvalue weighted by Gasteiger charge is -2.33. The molecular formula is C6H12I2N2. The fraction of sp³-hybridized carbons (Fsp3) is 1.00. The first-order valence-corrected chi connectivity index (χ1v) is 5.91. The van der Waals surface area contributed by atoms with E-state index in [0.717, 1.165) is 6.42 Å². The Morgan fingerprint density at radius 2 is 1.70 bits per heavy atom. The van der Waals surface area contributed by atoms with Crippen LogP contribution in [0.1, 0.15) is 12.8 Å². The highest BCUT2D eigenvalue weighted by Crippen LogP contribution is 2.29. The Labute approximate surface area is 88.8 Å². The molecule has 4 N–H and O–H groups in total. The van der Waals surface area contributed by atoms with Crippen LogP contribution in [0.5, 0.6) is 0 Å². The molecule has 1 rings (SSSR count). The zero-order valence-corrected chi connectivity index (χ0v) is 9.95. The lowest BCUT2D eigenvalue weighted by molar-refractivity contribution is 0.418. The average molecular weight is 366 g/mol. The van der Waals surface area contributed by atoms with E-state index in [1.54, 1.807) is 0 Å². The zero-order valence-electron chi connectivity index (χ0n) is 5.63. The van der Waals surface area contributed by atoms with Crippen LogP contribution in [0.2, 0.25) is 0 Å². The van der Waals surface area contributed by atoms with Crippen molar-refractivity contribution in [2.45, 2.75) is 32.8 Å². The molecule has 0 amide bonds. The number of rotatable bonds is 0. The summed E-state index contributed by atoms with van der Waals surface area (Å²) in [6, 6.07) is 0.434. The number of hydrogen-bond donors (Lipinski definition) is 2. The van der Waals surface area contributed by atoms with Crippen LogP contribution in [-0.2, 0) is 0 Å². The minimum atomic E-state index is 0.205. The highest BCUT2D eigenvalue weighted by Gasteiger charge is 2.31. The first-order valence-electron chi connectivity index (χ1n) is 3.42. The molecule has 4 unspecified atom stereocenters. The predicted molar refractivity (Wildman–Crippen MR) is 60.8 cm³/mol. The first kappa shape index (κ1) is 9.47. The summed E-state index contributed by atoms with van der Waals surface area (Å²) in [5, 5.41) is 0. The van der Waals surface area contributed by atoms with Gasteiger partial charge >= 0.3 is 0 Å². The molecule has 0 radical (unpaired) electrons. The summed E-state index contributed by atoms with van der Waals surface area (Å²) < 4.78 is 1.27. The minimum Gasteiger partial charge on any atom is -0.326 e. The third kappa shape index (κ3) is 1.95. The maximum absolute atomic E-state index is 5.87. The van der Waals surface area contributed by atoms with E-state index in [4.69, 9.17) is 11.5 Å². The Hall–Kier alpha value is 1.38. The second-order valence-corrected chi connectivity index (χ2v) is 5.82. The lowest BCUT2D eigenvalue weighted by Crippen LogP contribution is -2.53. The molecule has 2 nitrogen and oxygen atoms in total. The Balaban J connectivity index is 2.52. The molecule has 0 aromatic carbocycles. The summed E-state index contributed by atoms with van der Waals surface area (Å²) in [6.45, 7) is 0. The summed E-state index contributed by atoms with van der Waals surface area (Å²) >= 11 is 4.88. The summed E-state index contributed by atoms with van der Waals surface area (Å²) in [4.78, 5) is 0. The summed E-state index contributed by atoms with van der Waals surface area (Å²) in [5.41, 5.74) is 11.7. The van der Waals surface area contributed by atoms with Crippen molar-refractivity contribution in [2.75, 3.05) is 0 Å². The molecule has 0 aliphatic heterocycles. The van der Waals surface area contributed by atoms with Crippen LogP contribution in [0, 0.1) is 0 Å². The quantitative estimate of drug-likeness (QED) is 0.498. The van der Waals surface area contributed by atoms with Gasteiger partial charge in [-0.25, -0.2) is 0 Å². The second-order valence-electron chi connectivity index (χ2n) is 2.78. The maximum Gasteiger partial charge on any atom is 0.0394 e. The van der Waals surface area contributed by atoms with Crippen molar-refractivity contribution < 1.29 is 0 Å². The normalized spacial score (nSPS) is 49.2. The largest absolute Gasteiger partial charge is 0.326 e. The smallest absolute Gasteiger partial charge is 0.0394 e. The SMILES string of the molecule is NC1CCC(I)C(I)C1N. The molecule has 10 heavy (non-hydrogen) atoms. The van der Waals surface area contributed by atoms with Crippen LogP contribution in [0.3, 0.4) is 0 Å². The molecule has 4 atom stereocenters. The number of halogens is 2.